The van der Waals surface area contributed by atoms with Crippen molar-refractivity contribution in [2.45, 2.75) is 25.4 Å². The van der Waals surface area contributed by atoms with Crippen LogP contribution in [-0.2, 0) is 4.74 Å². The maximum absolute atomic E-state index is 12.6. The normalized spacial score (nSPS) is 16.0. The minimum Gasteiger partial charge on any atom is -0.453 e. The zero-order chi connectivity index (χ0) is 18.4. The average Bonchev–Trinajstić information content (AvgIpc) is 2.69. The third-order valence-corrected chi connectivity index (χ3v) is 4.59. The van der Waals surface area contributed by atoms with Crippen LogP contribution in [0.15, 0.2) is 54.6 Å². The lowest BCUT2D eigenvalue weighted by Gasteiger charge is -2.30. The molecule has 1 atom stereocenters. The second-order valence-corrected chi connectivity index (χ2v) is 6.47. The molecule has 0 bridgehead atoms. The van der Waals surface area contributed by atoms with Gasteiger partial charge in [-0.2, -0.15) is 0 Å². The number of piperidine rings is 1. The van der Waals surface area contributed by atoms with E-state index in [-0.39, 0.29) is 11.3 Å². The minimum absolute atomic E-state index is 0.119. The summed E-state index contributed by atoms with van der Waals surface area (Å²) in [4.78, 5) is 25.3. The zero-order valence-electron chi connectivity index (χ0n) is 14.5. The first-order valence-corrected chi connectivity index (χ1v) is 8.86. The summed E-state index contributed by atoms with van der Waals surface area (Å²) in [5, 5.41) is 10.9. The number of likely N-dealkylation sites (tertiary alicyclic amines) is 1. The van der Waals surface area contributed by atoms with E-state index in [0.717, 1.165) is 31.5 Å². The number of esters is 1. The molecule has 6 heteroatoms. The Balaban J connectivity index is 1.77. The number of carbonyl (C=O) groups is 1. The predicted octanol–water partition coefficient (Wildman–Crippen LogP) is 3.98. The molecule has 2 aromatic rings. The highest BCUT2D eigenvalue weighted by atomic mass is 16.6. The maximum atomic E-state index is 12.6. The molecule has 0 unspecified atom stereocenters. The fraction of sp³-hybridized carbons (Fsp3) is 0.350. The van der Waals surface area contributed by atoms with Crippen LogP contribution in [0.25, 0.3) is 0 Å². The lowest BCUT2D eigenvalue weighted by atomic mass is 10.1. The number of nitro groups is 1. The summed E-state index contributed by atoms with van der Waals surface area (Å²) in [5.41, 5.74) is 1.00. The van der Waals surface area contributed by atoms with E-state index in [0.29, 0.717) is 6.54 Å². The van der Waals surface area contributed by atoms with Crippen LogP contribution in [0.3, 0.4) is 0 Å². The van der Waals surface area contributed by atoms with Gasteiger partial charge in [0.25, 0.3) is 5.69 Å². The van der Waals surface area contributed by atoms with Crippen LogP contribution in [0.1, 0.15) is 41.3 Å². The molecular weight excluding hydrogens is 332 g/mol. The molecule has 0 aromatic heterocycles. The first kappa shape index (κ1) is 18.1. The summed E-state index contributed by atoms with van der Waals surface area (Å²) in [6.45, 7) is 2.63. The van der Waals surface area contributed by atoms with E-state index in [4.69, 9.17) is 4.74 Å². The molecule has 0 amide bonds. The molecule has 26 heavy (non-hydrogen) atoms. The number of hydrogen-bond acceptors (Lipinski definition) is 5. The minimum atomic E-state index is -0.542. The van der Waals surface area contributed by atoms with Crippen LogP contribution < -0.4 is 0 Å². The fourth-order valence-electron chi connectivity index (χ4n) is 3.20. The molecule has 1 aliphatic rings. The third-order valence-electron chi connectivity index (χ3n) is 4.59. The van der Waals surface area contributed by atoms with Gasteiger partial charge in [-0.25, -0.2) is 4.79 Å². The van der Waals surface area contributed by atoms with Crippen LogP contribution in [0.4, 0.5) is 5.69 Å². The highest BCUT2D eigenvalue weighted by molar-refractivity contribution is 5.90. The number of carbonyl (C=O) groups excluding carboxylic acids is 1. The first-order valence-electron chi connectivity index (χ1n) is 8.86. The van der Waals surface area contributed by atoms with Gasteiger partial charge in [0.2, 0.25) is 0 Å². The maximum Gasteiger partial charge on any atom is 0.339 e. The molecule has 6 nitrogen and oxygen atoms in total. The van der Waals surface area contributed by atoms with Crippen LogP contribution in [0, 0.1) is 10.1 Å². The Morgan fingerprint density at radius 3 is 2.50 bits per heavy atom. The quantitative estimate of drug-likeness (QED) is 0.446. The molecule has 0 radical (unpaired) electrons. The number of nitro benzene ring substituents is 1. The van der Waals surface area contributed by atoms with Gasteiger partial charge in [0.05, 0.1) is 10.5 Å². The van der Waals surface area contributed by atoms with E-state index in [2.05, 4.69) is 4.90 Å². The Morgan fingerprint density at radius 1 is 1.08 bits per heavy atom. The Bertz CT molecular complexity index is 757. The Hall–Kier alpha value is -2.73. The number of hydrogen-bond donors (Lipinski definition) is 0. The Morgan fingerprint density at radius 2 is 1.81 bits per heavy atom. The van der Waals surface area contributed by atoms with Gasteiger partial charge in [-0.05, 0) is 37.6 Å². The SMILES string of the molecule is O=C(O[C@H](CN1CCCCC1)c1ccccc1)c1cccc([N+](=O)[O-])c1. The van der Waals surface area contributed by atoms with E-state index in [9.17, 15) is 14.9 Å². The largest absolute Gasteiger partial charge is 0.453 e. The van der Waals surface area contributed by atoms with Crippen molar-refractivity contribution in [2.75, 3.05) is 19.6 Å². The number of ether oxygens (including phenoxy) is 1. The van der Waals surface area contributed by atoms with Gasteiger partial charge in [0.1, 0.15) is 6.10 Å². The van der Waals surface area contributed by atoms with Crippen molar-refractivity contribution in [2.24, 2.45) is 0 Å². The number of non-ortho nitro benzene ring substituents is 1. The van der Waals surface area contributed by atoms with Gasteiger partial charge in [0.15, 0.2) is 0 Å². The van der Waals surface area contributed by atoms with Gasteiger partial charge in [-0.15, -0.1) is 0 Å². The molecule has 1 saturated heterocycles. The standard InChI is InChI=1S/C20H22N2O4/c23-20(17-10-7-11-18(14-17)22(24)25)26-19(16-8-3-1-4-9-16)15-21-12-5-2-6-13-21/h1,3-4,7-11,14,19H,2,5-6,12-13,15H2/t19-/m1/s1. The van der Waals surface area contributed by atoms with Crippen molar-refractivity contribution in [3.8, 4) is 0 Å². The molecule has 0 aliphatic carbocycles. The highest BCUT2D eigenvalue weighted by Gasteiger charge is 2.23. The molecule has 0 spiro atoms. The van der Waals surface area contributed by atoms with Crippen molar-refractivity contribution >= 4 is 11.7 Å². The lowest BCUT2D eigenvalue weighted by Crippen LogP contribution is -2.34. The van der Waals surface area contributed by atoms with E-state index >= 15 is 0 Å². The molecule has 1 fully saturated rings. The monoisotopic (exact) mass is 354 g/mol. The smallest absolute Gasteiger partial charge is 0.339 e. The topological polar surface area (TPSA) is 72.7 Å². The Labute approximate surface area is 152 Å². The second-order valence-electron chi connectivity index (χ2n) is 6.47. The van der Waals surface area contributed by atoms with E-state index in [1.807, 2.05) is 30.3 Å². The first-order chi connectivity index (χ1) is 12.6. The number of benzene rings is 2. The highest BCUT2D eigenvalue weighted by Crippen LogP contribution is 2.23. The second kappa shape index (κ2) is 8.58. The van der Waals surface area contributed by atoms with E-state index < -0.39 is 17.0 Å². The molecule has 136 valence electrons. The number of nitrogens with zero attached hydrogens (tertiary/aromatic N) is 2. The van der Waals surface area contributed by atoms with E-state index in [1.54, 1.807) is 0 Å². The fourth-order valence-corrected chi connectivity index (χ4v) is 3.20. The third kappa shape index (κ3) is 4.67. The molecule has 0 saturated carbocycles. The van der Waals surface area contributed by atoms with Gasteiger partial charge in [-0.1, -0.05) is 42.8 Å². The van der Waals surface area contributed by atoms with Crippen molar-refractivity contribution in [1.29, 1.82) is 0 Å². The summed E-state index contributed by atoms with van der Waals surface area (Å²) in [6, 6.07) is 15.3. The van der Waals surface area contributed by atoms with E-state index in [1.165, 1.54) is 30.7 Å². The van der Waals surface area contributed by atoms with Gasteiger partial charge in [0, 0.05) is 18.7 Å². The summed E-state index contributed by atoms with van der Waals surface area (Å²) in [7, 11) is 0. The van der Waals surface area contributed by atoms with Crippen LogP contribution in [0.5, 0.6) is 0 Å². The van der Waals surface area contributed by atoms with Crippen molar-refractivity contribution in [1.82, 2.24) is 4.90 Å². The molecular formula is C20H22N2O4. The average molecular weight is 354 g/mol. The van der Waals surface area contributed by atoms with Crippen molar-refractivity contribution < 1.29 is 14.5 Å². The van der Waals surface area contributed by atoms with Gasteiger partial charge < -0.3 is 4.74 Å². The van der Waals surface area contributed by atoms with Crippen LogP contribution in [-0.4, -0.2) is 35.4 Å². The lowest BCUT2D eigenvalue weighted by molar-refractivity contribution is -0.384. The molecule has 3 rings (SSSR count). The van der Waals surface area contributed by atoms with Crippen LogP contribution >= 0.6 is 0 Å². The molecule has 2 aromatic carbocycles. The van der Waals surface area contributed by atoms with Crippen molar-refractivity contribution in [3.63, 3.8) is 0 Å². The summed E-state index contributed by atoms with van der Waals surface area (Å²) in [6.07, 6.45) is 3.14. The van der Waals surface area contributed by atoms with Gasteiger partial charge >= 0.3 is 5.97 Å². The molecule has 0 N–H and O–H groups in total. The summed E-state index contributed by atoms with van der Waals surface area (Å²) >= 11 is 0. The number of rotatable bonds is 6. The summed E-state index contributed by atoms with van der Waals surface area (Å²) < 4.78 is 5.76. The molecule has 1 aliphatic heterocycles. The van der Waals surface area contributed by atoms with Crippen molar-refractivity contribution in [3.05, 3.63) is 75.8 Å². The zero-order valence-corrected chi connectivity index (χ0v) is 14.5. The van der Waals surface area contributed by atoms with Gasteiger partial charge in [-0.3, -0.25) is 15.0 Å². The molecule has 1 heterocycles. The predicted molar refractivity (Wildman–Crippen MR) is 98.0 cm³/mol. The van der Waals surface area contributed by atoms with Crippen LogP contribution in [0.2, 0.25) is 0 Å². The summed E-state index contributed by atoms with van der Waals surface area (Å²) in [5.74, 6) is -0.542. The Kier molecular flexibility index (Phi) is 5.96.